The first-order valence-electron chi connectivity index (χ1n) is 13.8. The number of amides is 5. The van der Waals surface area contributed by atoms with Gasteiger partial charge in [0.05, 0.1) is 0 Å². The van der Waals surface area contributed by atoms with E-state index in [-0.39, 0.29) is 67.0 Å². The number of nitrogens with zero attached hydrogens (tertiary/aromatic N) is 3. The number of unbranched alkanes of at least 4 members (excludes halogenated alkanes) is 6. The molecule has 0 aromatic rings. The summed E-state index contributed by atoms with van der Waals surface area (Å²) in [5.74, 6) is -2.05. The van der Waals surface area contributed by atoms with E-state index >= 15 is 0 Å². The van der Waals surface area contributed by atoms with E-state index in [1.54, 1.807) is 0 Å². The summed E-state index contributed by atoms with van der Waals surface area (Å²) in [6, 6.07) is 0. The third kappa shape index (κ3) is 22.4. The quantitative estimate of drug-likeness (QED) is 0.0431. The lowest BCUT2D eigenvalue weighted by Crippen LogP contribution is -2.31. The van der Waals surface area contributed by atoms with Gasteiger partial charge in [-0.05, 0) is 57.9 Å². The van der Waals surface area contributed by atoms with E-state index in [0.717, 1.165) is 19.3 Å². The third-order valence-corrected chi connectivity index (χ3v) is 5.88. The van der Waals surface area contributed by atoms with Crippen LogP contribution in [0.5, 0.6) is 0 Å². The van der Waals surface area contributed by atoms with Gasteiger partial charge in [0, 0.05) is 65.3 Å². The molecule has 7 N–H and O–H groups in total. The molecule has 0 aliphatic rings. The fraction of sp³-hybridized carbons (Fsp3) is 0.800. The Morgan fingerprint density at radius 3 is 1.32 bits per heavy atom. The van der Waals surface area contributed by atoms with Gasteiger partial charge in [-0.2, -0.15) is 9.90 Å². The predicted molar refractivity (Wildman–Crippen MR) is 152 cm³/mol. The van der Waals surface area contributed by atoms with Gasteiger partial charge >= 0.3 is 0 Å². The highest BCUT2D eigenvalue weighted by Gasteiger charge is 2.14. The van der Waals surface area contributed by atoms with Crippen LogP contribution in [0.3, 0.4) is 0 Å². The lowest BCUT2D eigenvalue weighted by atomic mass is 10.2. The van der Waals surface area contributed by atoms with Crippen molar-refractivity contribution >= 4 is 39.4 Å². The van der Waals surface area contributed by atoms with Gasteiger partial charge in [0.25, 0.3) is 0 Å². The molecular formula is C25H51N6O8P. The van der Waals surface area contributed by atoms with Gasteiger partial charge in [-0.15, -0.1) is 0 Å². The Hall–Kier alpha value is -2.38. The Bertz CT molecular complexity index is 746. The van der Waals surface area contributed by atoms with Crippen molar-refractivity contribution in [3.63, 3.8) is 0 Å². The van der Waals surface area contributed by atoms with Crippen molar-refractivity contribution in [2.45, 2.75) is 90.4 Å². The second-order valence-corrected chi connectivity index (χ2v) is 9.35. The maximum absolute atomic E-state index is 12.0. The zero-order valence-electron chi connectivity index (χ0n) is 23.9. The van der Waals surface area contributed by atoms with E-state index in [1.165, 1.54) is 6.92 Å². The van der Waals surface area contributed by atoms with Gasteiger partial charge in [0.1, 0.15) is 0 Å². The first-order chi connectivity index (χ1) is 18.6. The summed E-state index contributed by atoms with van der Waals surface area (Å²) in [5, 5.41) is 36.1. The summed E-state index contributed by atoms with van der Waals surface area (Å²) >= 11 is 0. The summed E-state index contributed by atoms with van der Waals surface area (Å²) in [6.07, 6.45) is 5.84. The number of rotatable bonds is 23. The van der Waals surface area contributed by atoms with Crippen LogP contribution in [0.1, 0.15) is 90.4 Å². The third-order valence-electron chi connectivity index (χ3n) is 5.88. The van der Waals surface area contributed by atoms with E-state index in [1.807, 2.05) is 0 Å². The van der Waals surface area contributed by atoms with Crippen molar-refractivity contribution in [3.05, 3.63) is 0 Å². The first-order valence-corrected chi connectivity index (χ1v) is 13.8. The van der Waals surface area contributed by atoms with Crippen molar-refractivity contribution in [2.75, 3.05) is 39.3 Å². The summed E-state index contributed by atoms with van der Waals surface area (Å²) in [4.78, 5) is 58.4. The number of nitrogens with one attached hydrogen (secondary N) is 2. The molecule has 0 saturated heterocycles. The summed E-state index contributed by atoms with van der Waals surface area (Å²) < 4.78 is 0. The number of hydrogen-bond donors (Lipinski definition) is 6. The van der Waals surface area contributed by atoms with Gasteiger partial charge in [0.15, 0.2) is 0 Å². The zero-order chi connectivity index (χ0) is 29.5. The predicted octanol–water partition coefficient (Wildman–Crippen LogP) is 0.980. The van der Waals surface area contributed by atoms with Gasteiger partial charge in [-0.1, -0.05) is 6.42 Å². The molecule has 234 valence electrons. The Balaban J connectivity index is 0. The lowest BCUT2D eigenvalue weighted by Gasteiger charge is -2.15. The minimum Gasteiger partial charge on any atom is -0.356 e. The average Bonchev–Trinajstić information content (AvgIpc) is 2.91. The number of hydroxylamine groups is 6. The molecule has 0 rings (SSSR count). The van der Waals surface area contributed by atoms with Crippen molar-refractivity contribution in [1.82, 2.24) is 25.8 Å². The molecule has 0 aliphatic heterocycles. The fourth-order valence-electron chi connectivity index (χ4n) is 3.45. The van der Waals surface area contributed by atoms with Crippen LogP contribution in [-0.2, 0) is 24.0 Å². The number of nitrogens with two attached hydrogens (primary N) is 1. The van der Waals surface area contributed by atoms with Crippen LogP contribution in [0.15, 0.2) is 0 Å². The smallest absolute Gasteiger partial charge is 0.246 e. The largest absolute Gasteiger partial charge is 0.356 e. The highest BCUT2D eigenvalue weighted by molar-refractivity contribution is 6.92. The van der Waals surface area contributed by atoms with Crippen LogP contribution < -0.4 is 16.4 Å². The molecule has 0 fully saturated rings. The molecule has 0 radical (unpaired) electrons. The van der Waals surface area contributed by atoms with E-state index in [0.29, 0.717) is 73.3 Å². The normalized spacial score (nSPS) is 10.3. The topological polar surface area (TPSA) is 206 Å². The second kappa shape index (κ2) is 25.6. The summed E-state index contributed by atoms with van der Waals surface area (Å²) in [6.45, 7) is 3.22. The van der Waals surface area contributed by atoms with E-state index < -0.39 is 17.7 Å². The molecule has 0 aromatic heterocycles. The van der Waals surface area contributed by atoms with E-state index in [4.69, 9.17) is 5.73 Å². The minimum atomic E-state index is -0.548. The summed E-state index contributed by atoms with van der Waals surface area (Å²) in [7, 11) is 0. The Morgan fingerprint density at radius 1 is 0.575 bits per heavy atom. The van der Waals surface area contributed by atoms with Crippen molar-refractivity contribution in [2.24, 2.45) is 5.73 Å². The van der Waals surface area contributed by atoms with Gasteiger partial charge in [-0.25, -0.2) is 15.2 Å². The molecule has 5 amide bonds. The van der Waals surface area contributed by atoms with E-state index in [2.05, 4.69) is 10.6 Å². The molecule has 14 nitrogen and oxygen atoms in total. The zero-order valence-corrected chi connectivity index (χ0v) is 25.4. The van der Waals surface area contributed by atoms with E-state index in [9.17, 15) is 39.6 Å². The van der Waals surface area contributed by atoms with Gasteiger partial charge in [0.2, 0.25) is 29.5 Å². The van der Waals surface area contributed by atoms with Crippen molar-refractivity contribution in [3.8, 4) is 0 Å². The molecule has 0 aliphatic carbocycles. The number of hydrogen-bond acceptors (Lipinski definition) is 9. The standard InChI is InChI=1S/C25H48N6O8.H3P/c1-21(32)29(37)18-9-3-6-16-27-22(33)12-14-25(36)31(39)20-10-4-7-17-28-23(34)11-13-24(35)30(38)19-8-2-5-15-26;/h37-39H,2-20,26H2,1H3,(H,27,33)(H,28,34);1H3. The van der Waals surface area contributed by atoms with Crippen molar-refractivity contribution < 1.29 is 39.6 Å². The molecule has 15 heteroatoms. The first kappa shape index (κ1) is 39.8. The van der Waals surface area contributed by atoms with Gasteiger partial charge in [-0.3, -0.25) is 39.6 Å². The highest BCUT2D eigenvalue weighted by Crippen LogP contribution is 2.03. The number of carbonyl (C=O) groups excluding carboxylic acids is 5. The lowest BCUT2D eigenvalue weighted by molar-refractivity contribution is -0.166. The second-order valence-electron chi connectivity index (χ2n) is 9.35. The van der Waals surface area contributed by atoms with Crippen LogP contribution >= 0.6 is 9.90 Å². The molecule has 0 bridgehead atoms. The Kier molecular flexibility index (Phi) is 25.4. The molecule has 0 spiro atoms. The monoisotopic (exact) mass is 594 g/mol. The average molecular weight is 595 g/mol. The molecule has 0 heterocycles. The maximum atomic E-state index is 12.0. The minimum absolute atomic E-state index is 0. The van der Waals surface area contributed by atoms with Crippen molar-refractivity contribution in [1.29, 1.82) is 0 Å². The molecule has 1 atom stereocenters. The van der Waals surface area contributed by atoms with Crippen LogP contribution in [0.2, 0.25) is 0 Å². The van der Waals surface area contributed by atoms with Crippen LogP contribution in [0, 0.1) is 0 Å². The molecule has 1 unspecified atom stereocenters. The van der Waals surface area contributed by atoms with Crippen LogP contribution in [0.4, 0.5) is 0 Å². The van der Waals surface area contributed by atoms with Crippen LogP contribution in [0.25, 0.3) is 0 Å². The summed E-state index contributed by atoms with van der Waals surface area (Å²) in [5.41, 5.74) is 5.39. The van der Waals surface area contributed by atoms with Crippen LogP contribution in [-0.4, -0.2) is 99.6 Å². The fourth-order valence-corrected chi connectivity index (χ4v) is 3.45. The Labute approximate surface area is 240 Å². The SMILES string of the molecule is CC(=O)N(O)CCCCCNC(=O)CCC(=O)N(O)CCCCCNC(=O)CCC(=O)N(O)CCCCCN.P. The molecule has 40 heavy (non-hydrogen) atoms. The Morgan fingerprint density at radius 2 is 0.950 bits per heavy atom. The highest BCUT2D eigenvalue weighted by atomic mass is 31.0. The molecule has 0 saturated carbocycles. The molecule has 0 aromatic carbocycles. The maximum Gasteiger partial charge on any atom is 0.246 e. The van der Waals surface area contributed by atoms with Gasteiger partial charge < -0.3 is 16.4 Å². The molecular weight excluding hydrogens is 543 g/mol. The number of carbonyl (C=O) groups is 5.